The second kappa shape index (κ2) is 9.49. The van der Waals surface area contributed by atoms with E-state index < -0.39 is 0 Å². The van der Waals surface area contributed by atoms with Gasteiger partial charge in [0, 0.05) is 62.8 Å². The highest BCUT2D eigenvalue weighted by Crippen LogP contribution is 2.28. The molecular formula is C24H35N7. The maximum Gasteiger partial charge on any atom is 0.163 e. The molecular weight excluding hydrogens is 386 g/mol. The third-order valence-electron chi connectivity index (χ3n) is 6.95. The summed E-state index contributed by atoms with van der Waals surface area (Å²) in [5, 5.41) is 0. The number of pyridine rings is 1. The predicted octanol–water partition coefficient (Wildman–Crippen LogP) is 2.53. The molecule has 0 spiro atoms. The molecule has 166 valence electrons. The Labute approximate surface area is 186 Å². The van der Waals surface area contributed by atoms with Gasteiger partial charge in [0.05, 0.1) is 0 Å². The normalized spacial score (nSPS) is 20.3. The first kappa shape index (κ1) is 20.6. The number of hydrogen-bond donors (Lipinski definition) is 0. The predicted molar refractivity (Wildman–Crippen MR) is 126 cm³/mol. The summed E-state index contributed by atoms with van der Waals surface area (Å²) in [6.45, 7) is 10.2. The fourth-order valence-electron chi connectivity index (χ4n) is 5.00. The van der Waals surface area contributed by atoms with Crippen molar-refractivity contribution in [1.29, 1.82) is 0 Å². The monoisotopic (exact) mass is 421 g/mol. The zero-order valence-electron chi connectivity index (χ0n) is 18.8. The van der Waals surface area contributed by atoms with Crippen molar-refractivity contribution in [2.45, 2.75) is 32.1 Å². The Kier molecular flexibility index (Phi) is 6.32. The number of rotatable bonds is 6. The summed E-state index contributed by atoms with van der Waals surface area (Å²) >= 11 is 0. The summed E-state index contributed by atoms with van der Waals surface area (Å²) in [5.74, 6) is 2.99. The summed E-state index contributed by atoms with van der Waals surface area (Å²) < 4.78 is 0. The summed E-state index contributed by atoms with van der Waals surface area (Å²) in [7, 11) is 2.18. The molecule has 0 N–H and O–H groups in total. The number of hydrogen-bond acceptors (Lipinski definition) is 7. The molecule has 0 aliphatic carbocycles. The van der Waals surface area contributed by atoms with Crippen LogP contribution in [0, 0.1) is 0 Å². The van der Waals surface area contributed by atoms with Gasteiger partial charge in [0.2, 0.25) is 0 Å². The summed E-state index contributed by atoms with van der Waals surface area (Å²) in [5.41, 5.74) is 2.29. The van der Waals surface area contributed by atoms with E-state index in [2.05, 4.69) is 43.8 Å². The first-order valence-corrected chi connectivity index (χ1v) is 12.0. The quantitative estimate of drug-likeness (QED) is 0.710. The Hall–Kier alpha value is -2.25. The Bertz CT molecular complexity index is 855. The molecule has 0 radical (unpaired) electrons. The minimum atomic E-state index is 0.794. The number of aromatic nitrogens is 3. The van der Waals surface area contributed by atoms with E-state index in [1.54, 1.807) is 0 Å². The van der Waals surface area contributed by atoms with Gasteiger partial charge in [-0.15, -0.1) is 0 Å². The molecule has 31 heavy (non-hydrogen) atoms. The molecule has 2 saturated heterocycles. The van der Waals surface area contributed by atoms with Crippen molar-refractivity contribution in [1.82, 2.24) is 24.8 Å². The van der Waals surface area contributed by atoms with Crippen LogP contribution in [-0.4, -0.2) is 90.7 Å². The van der Waals surface area contributed by atoms with Crippen LogP contribution in [0.3, 0.4) is 0 Å². The van der Waals surface area contributed by atoms with Gasteiger partial charge in [0.15, 0.2) is 5.82 Å². The highest BCUT2D eigenvalue weighted by atomic mass is 15.3. The molecule has 0 unspecified atom stereocenters. The van der Waals surface area contributed by atoms with E-state index in [1.807, 2.05) is 12.4 Å². The minimum absolute atomic E-state index is 0.794. The van der Waals surface area contributed by atoms with Crippen molar-refractivity contribution < 1.29 is 0 Å². The molecule has 3 aliphatic heterocycles. The molecule has 7 heteroatoms. The second-order valence-corrected chi connectivity index (χ2v) is 9.23. The Morgan fingerprint density at radius 2 is 1.68 bits per heavy atom. The minimum Gasteiger partial charge on any atom is -0.356 e. The van der Waals surface area contributed by atoms with Crippen LogP contribution in [-0.2, 0) is 6.42 Å². The van der Waals surface area contributed by atoms with Crippen molar-refractivity contribution in [2.75, 3.05) is 75.8 Å². The average Bonchev–Trinajstić information content (AvgIpc) is 3.33. The number of aryl methyl sites for hydroxylation is 1. The van der Waals surface area contributed by atoms with E-state index in [0.717, 1.165) is 68.7 Å². The van der Waals surface area contributed by atoms with Gasteiger partial charge in [-0.3, -0.25) is 0 Å². The molecule has 7 nitrogen and oxygen atoms in total. The van der Waals surface area contributed by atoms with Gasteiger partial charge in [0.25, 0.3) is 0 Å². The number of piperazine rings is 1. The Morgan fingerprint density at radius 1 is 0.839 bits per heavy atom. The SMILES string of the molecule is CN1CCN(c2ccc(-c3ncc4c(n3)N(CCCN3CCCC3)CCC4)cn2)CC1. The van der Waals surface area contributed by atoms with Gasteiger partial charge in [-0.1, -0.05) is 0 Å². The third kappa shape index (κ3) is 4.83. The maximum atomic E-state index is 5.01. The van der Waals surface area contributed by atoms with Crippen molar-refractivity contribution >= 4 is 11.6 Å². The van der Waals surface area contributed by atoms with Gasteiger partial charge in [-0.2, -0.15) is 0 Å². The van der Waals surface area contributed by atoms with Crippen LogP contribution in [0.1, 0.15) is 31.2 Å². The first-order chi connectivity index (χ1) is 15.3. The van der Waals surface area contributed by atoms with Crippen LogP contribution in [0.25, 0.3) is 11.4 Å². The van der Waals surface area contributed by atoms with Crippen molar-refractivity contribution in [3.63, 3.8) is 0 Å². The fraction of sp³-hybridized carbons (Fsp3) is 0.625. The summed E-state index contributed by atoms with van der Waals surface area (Å²) in [6.07, 6.45) is 10.2. The molecule has 2 aromatic rings. The number of likely N-dealkylation sites (tertiary alicyclic amines) is 1. The molecule has 5 heterocycles. The molecule has 0 saturated carbocycles. The lowest BCUT2D eigenvalue weighted by molar-refractivity contribution is 0.312. The largest absolute Gasteiger partial charge is 0.356 e. The zero-order valence-corrected chi connectivity index (χ0v) is 18.8. The summed E-state index contributed by atoms with van der Waals surface area (Å²) in [6, 6.07) is 4.25. The molecule has 2 aromatic heterocycles. The third-order valence-corrected chi connectivity index (χ3v) is 6.95. The molecule has 2 fully saturated rings. The van der Waals surface area contributed by atoms with Crippen LogP contribution < -0.4 is 9.80 Å². The highest BCUT2D eigenvalue weighted by molar-refractivity contribution is 5.60. The smallest absolute Gasteiger partial charge is 0.163 e. The van der Waals surface area contributed by atoms with Gasteiger partial charge < -0.3 is 19.6 Å². The Balaban J connectivity index is 1.27. The first-order valence-electron chi connectivity index (χ1n) is 12.0. The lowest BCUT2D eigenvalue weighted by Crippen LogP contribution is -2.44. The van der Waals surface area contributed by atoms with Gasteiger partial charge >= 0.3 is 0 Å². The van der Waals surface area contributed by atoms with Crippen LogP contribution in [0.2, 0.25) is 0 Å². The number of anilines is 2. The van der Waals surface area contributed by atoms with Crippen molar-refractivity contribution in [3.05, 3.63) is 30.1 Å². The van der Waals surface area contributed by atoms with Gasteiger partial charge in [0.1, 0.15) is 11.6 Å². The van der Waals surface area contributed by atoms with E-state index in [1.165, 1.54) is 50.9 Å². The highest BCUT2D eigenvalue weighted by Gasteiger charge is 2.21. The second-order valence-electron chi connectivity index (χ2n) is 9.23. The van der Waals surface area contributed by atoms with Crippen LogP contribution in [0.15, 0.2) is 24.5 Å². The van der Waals surface area contributed by atoms with Crippen LogP contribution >= 0.6 is 0 Å². The van der Waals surface area contributed by atoms with E-state index in [4.69, 9.17) is 9.97 Å². The van der Waals surface area contributed by atoms with E-state index >= 15 is 0 Å². The van der Waals surface area contributed by atoms with E-state index in [9.17, 15) is 0 Å². The average molecular weight is 422 g/mol. The van der Waals surface area contributed by atoms with E-state index in [0.29, 0.717) is 0 Å². The number of likely N-dealkylation sites (N-methyl/N-ethyl adjacent to an activating group) is 1. The number of fused-ring (bicyclic) bond motifs is 1. The topological polar surface area (TPSA) is 51.6 Å². The molecule has 0 aromatic carbocycles. The molecule has 0 bridgehead atoms. The fourth-order valence-corrected chi connectivity index (χ4v) is 5.00. The van der Waals surface area contributed by atoms with E-state index in [-0.39, 0.29) is 0 Å². The van der Waals surface area contributed by atoms with Crippen molar-refractivity contribution in [3.8, 4) is 11.4 Å². The molecule has 5 rings (SSSR count). The number of nitrogens with zero attached hydrogens (tertiary/aromatic N) is 7. The van der Waals surface area contributed by atoms with Crippen LogP contribution in [0.5, 0.6) is 0 Å². The van der Waals surface area contributed by atoms with Gasteiger partial charge in [-0.25, -0.2) is 15.0 Å². The molecule has 0 amide bonds. The Morgan fingerprint density at radius 3 is 2.45 bits per heavy atom. The molecule has 3 aliphatic rings. The zero-order chi connectivity index (χ0) is 21.0. The van der Waals surface area contributed by atoms with Crippen molar-refractivity contribution in [2.24, 2.45) is 0 Å². The lowest BCUT2D eigenvalue weighted by atomic mass is 10.1. The van der Waals surface area contributed by atoms with Crippen LogP contribution in [0.4, 0.5) is 11.6 Å². The standard InChI is InChI=1S/C24H35N7/c1-28-14-16-30(17-15-28)22-8-7-20(18-25-22)23-26-19-21-6-4-12-31(24(21)27-23)13-5-11-29-9-2-3-10-29/h7-8,18-19H,2-6,9-17H2,1H3. The summed E-state index contributed by atoms with van der Waals surface area (Å²) in [4.78, 5) is 24.2. The van der Waals surface area contributed by atoms with Gasteiger partial charge in [-0.05, 0) is 70.9 Å². The maximum absolute atomic E-state index is 5.01. The lowest BCUT2D eigenvalue weighted by Gasteiger charge is -2.33. The molecule has 0 atom stereocenters.